The summed E-state index contributed by atoms with van der Waals surface area (Å²) in [6.07, 6.45) is 3.60. The van der Waals surface area contributed by atoms with Crippen LogP contribution in [-0.4, -0.2) is 21.1 Å². The number of aryl methyl sites for hydroxylation is 1. The third kappa shape index (κ3) is 1.48. The predicted molar refractivity (Wildman–Crippen MR) is 55.1 cm³/mol. The Balaban J connectivity index is 2.52. The fourth-order valence-corrected chi connectivity index (χ4v) is 1.47. The van der Waals surface area contributed by atoms with Crippen LogP contribution in [0.3, 0.4) is 0 Å². The van der Waals surface area contributed by atoms with Gasteiger partial charge in [0.05, 0.1) is 17.6 Å². The highest BCUT2D eigenvalue weighted by Gasteiger charge is 2.03. The summed E-state index contributed by atoms with van der Waals surface area (Å²) in [7, 11) is 0. The molecular formula is C10H14N4. The maximum absolute atomic E-state index is 5.51. The van der Waals surface area contributed by atoms with Gasteiger partial charge in [-0.1, -0.05) is 6.92 Å². The minimum absolute atomic E-state index is 0.631. The first kappa shape index (κ1) is 9.15. The van der Waals surface area contributed by atoms with Crippen molar-refractivity contribution in [2.75, 3.05) is 6.54 Å². The predicted octanol–water partition coefficient (Wildman–Crippen LogP) is 0.793. The number of aromatic nitrogens is 3. The van der Waals surface area contributed by atoms with Crippen molar-refractivity contribution in [2.24, 2.45) is 5.73 Å². The summed E-state index contributed by atoms with van der Waals surface area (Å²) < 4.78 is 1.88. The lowest BCUT2D eigenvalue weighted by atomic mass is 10.3. The lowest BCUT2D eigenvalue weighted by molar-refractivity contribution is 0.795. The monoisotopic (exact) mass is 190 g/mol. The van der Waals surface area contributed by atoms with Gasteiger partial charge in [0.15, 0.2) is 5.65 Å². The summed E-state index contributed by atoms with van der Waals surface area (Å²) in [6.45, 7) is 2.72. The van der Waals surface area contributed by atoms with Crippen molar-refractivity contribution >= 4 is 5.65 Å². The second-order valence-corrected chi connectivity index (χ2v) is 3.24. The van der Waals surface area contributed by atoms with Gasteiger partial charge in [0.1, 0.15) is 0 Å². The van der Waals surface area contributed by atoms with Gasteiger partial charge in [-0.2, -0.15) is 5.10 Å². The molecule has 0 bridgehead atoms. The molecule has 0 aliphatic rings. The van der Waals surface area contributed by atoms with Crippen LogP contribution < -0.4 is 5.73 Å². The van der Waals surface area contributed by atoms with Crippen molar-refractivity contribution < 1.29 is 0 Å². The van der Waals surface area contributed by atoms with E-state index in [4.69, 9.17) is 5.73 Å². The molecule has 0 atom stereocenters. The zero-order valence-corrected chi connectivity index (χ0v) is 8.27. The highest BCUT2D eigenvalue weighted by atomic mass is 15.3. The van der Waals surface area contributed by atoms with Crippen molar-refractivity contribution in [3.05, 3.63) is 29.7 Å². The zero-order chi connectivity index (χ0) is 9.97. The summed E-state index contributed by atoms with van der Waals surface area (Å²) in [4.78, 5) is 4.26. The molecule has 0 saturated carbocycles. The summed E-state index contributed by atoms with van der Waals surface area (Å²) in [5.74, 6) is 0. The second kappa shape index (κ2) is 3.75. The van der Waals surface area contributed by atoms with E-state index < -0.39 is 0 Å². The van der Waals surface area contributed by atoms with Crippen LogP contribution in [0.15, 0.2) is 18.3 Å². The Kier molecular flexibility index (Phi) is 2.45. The molecule has 2 N–H and O–H groups in total. The van der Waals surface area contributed by atoms with E-state index in [1.54, 1.807) is 0 Å². The molecule has 14 heavy (non-hydrogen) atoms. The van der Waals surface area contributed by atoms with Gasteiger partial charge in [-0.15, -0.1) is 0 Å². The van der Waals surface area contributed by atoms with Gasteiger partial charge in [-0.25, -0.2) is 9.50 Å². The van der Waals surface area contributed by atoms with E-state index in [2.05, 4.69) is 17.0 Å². The number of rotatable bonds is 3. The molecule has 0 aliphatic carbocycles. The van der Waals surface area contributed by atoms with Crippen LogP contribution >= 0.6 is 0 Å². The van der Waals surface area contributed by atoms with E-state index in [1.165, 1.54) is 0 Å². The van der Waals surface area contributed by atoms with E-state index in [-0.39, 0.29) is 0 Å². The summed E-state index contributed by atoms with van der Waals surface area (Å²) in [5.41, 5.74) is 8.57. The molecule has 0 unspecified atom stereocenters. The van der Waals surface area contributed by atoms with Gasteiger partial charge in [0, 0.05) is 6.42 Å². The van der Waals surface area contributed by atoms with Gasteiger partial charge >= 0.3 is 0 Å². The molecule has 0 amide bonds. The molecule has 74 valence electrons. The maximum atomic E-state index is 5.51. The molecule has 2 aromatic rings. The lowest BCUT2D eigenvalue weighted by Crippen LogP contribution is -2.07. The van der Waals surface area contributed by atoms with E-state index in [0.29, 0.717) is 6.54 Å². The quantitative estimate of drug-likeness (QED) is 0.778. The highest BCUT2D eigenvalue weighted by Crippen LogP contribution is 2.06. The van der Waals surface area contributed by atoms with Crippen LogP contribution in [0.5, 0.6) is 0 Å². The first-order valence-corrected chi connectivity index (χ1v) is 4.87. The van der Waals surface area contributed by atoms with Crippen LogP contribution in [0.25, 0.3) is 5.65 Å². The van der Waals surface area contributed by atoms with Crippen LogP contribution in [-0.2, 0) is 12.8 Å². The van der Waals surface area contributed by atoms with Crippen molar-refractivity contribution in [2.45, 2.75) is 19.8 Å². The topological polar surface area (TPSA) is 56.2 Å². The minimum atomic E-state index is 0.631. The Morgan fingerprint density at radius 1 is 1.43 bits per heavy atom. The van der Waals surface area contributed by atoms with Gasteiger partial charge < -0.3 is 5.73 Å². The summed E-state index contributed by atoms with van der Waals surface area (Å²) in [5, 5.41) is 4.47. The third-order valence-corrected chi connectivity index (χ3v) is 2.25. The van der Waals surface area contributed by atoms with Crippen molar-refractivity contribution in [3.8, 4) is 0 Å². The fourth-order valence-electron chi connectivity index (χ4n) is 1.47. The van der Waals surface area contributed by atoms with Crippen molar-refractivity contribution in [1.29, 1.82) is 0 Å². The van der Waals surface area contributed by atoms with Crippen molar-refractivity contribution in [3.63, 3.8) is 0 Å². The molecule has 0 spiro atoms. The standard InChI is InChI=1S/C10H14N4/c1-2-8-3-4-10-12-7-9(5-6-11)14(10)13-8/h3-4,7H,2,5-6,11H2,1H3. The molecule has 4 nitrogen and oxygen atoms in total. The van der Waals surface area contributed by atoms with Gasteiger partial charge in [0.2, 0.25) is 0 Å². The van der Waals surface area contributed by atoms with Crippen LogP contribution in [0.2, 0.25) is 0 Å². The average molecular weight is 190 g/mol. The summed E-state index contributed by atoms with van der Waals surface area (Å²) >= 11 is 0. The van der Waals surface area contributed by atoms with Gasteiger partial charge in [-0.05, 0) is 25.1 Å². The highest BCUT2D eigenvalue weighted by molar-refractivity contribution is 5.38. The molecule has 2 heterocycles. The maximum Gasteiger partial charge on any atom is 0.153 e. The SMILES string of the molecule is CCc1ccc2ncc(CCN)n2n1. The Morgan fingerprint density at radius 3 is 3.00 bits per heavy atom. The molecule has 0 saturated heterocycles. The first-order valence-electron chi connectivity index (χ1n) is 4.87. The number of fused-ring (bicyclic) bond motifs is 1. The smallest absolute Gasteiger partial charge is 0.153 e. The molecular weight excluding hydrogens is 176 g/mol. The normalized spacial score (nSPS) is 11.0. The molecule has 2 rings (SSSR count). The number of hydrogen-bond acceptors (Lipinski definition) is 3. The van der Waals surface area contributed by atoms with Gasteiger partial charge in [0.25, 0.3) is 0 Å². The van der Waals surface area contributed by atoms with Gasteiger partial charge in [-0.3, -0.25) is 0 Å². The molecule has 2 aromatic heterocycles. The first-order chi connectivity index (χ1) is 6.85. The number of nitrogens with two attached hydrogens (primary N) is 1. The second-order valence-electron chi connectivity index (χ2n) is 3.24. The lowest BCUT2D eigenvalue weighted by Gasteiger charge is -2.00. The minimum Gasteiger partial charge on any atom is -0.330 e. The van der Waals surface area contributed by atoms with E-state index in [0.717, 1.165) is 29.9 Å². The number of imidazole rings is 1. The number of hydrogen-bond donors (Lipinski definition) is 1. The number of nitrogens with zero attached hydrogens (tertiary/aromatic N) is 3. The Hall–Kier alpha value is -1.42. The molecule has 0 aromatic carbocycles. The van der Waals surface area contributed by atoms with E-state index in [1.807, 2.05) is 22.8 Å². The largest absolute Gasteiger partial charge is 0.330 e. The Bertz CT molecular complexity index is 433. The third-order valence-electron chi connectivity index (χ3n) is 2.25. The van der Waals surface area contributed by atoms with Crippen LogP contribution in [0.4, 0.5) is 0 Å². The molecule has 0 fully saturated rings. The van der Waals surface area contributed by atoms with Crippen LogP contribution in [0, 0.1) is 0 Å². The Morgan fingerprint density at radius 2 is 2.29 bits per heavy atom. The molecule has 0 radical (unpaired) electrons. The molecule has 4 heteroatoms. The zero-order valence-electron chi connectivity index (χ0n) is 8.27. The average Bonchev–Trinajstić information content (AvgIpc) is 2.61. The Labute approximate surface area is 82.8 Å². The van der Waals surface area contributed by atoms with E-state index >= 15 is 0 Å². The van der Waals surface area contributed by atoms with Crippen LogP contribution in [0.1, 0.15) is 18.3 Å². The molecule has 0 aliphatic heterocycles. The van der Waals surface area contributed by atoms with Crippen molar-refractivity contribution in [1.82, 2.24) is 14.6 Å². The van der Waals surface area contributed by atoms with E-state index in [9.17, 15) is 0 Å². The summed E-state index contributed by atoms with van der Waals surface area (Å²) in [6, 6.07) is 4.00. The fraction of sp³-hybridized carbons (Fsp3) is 0.400.